The Balaban J connectivity index is 1.28. The summed E-state index contributed by atoms with van der Waals surface area (Å²) in [5.74, 6) is 1.85. The number of hydrogen-bond acceptors (Lipinski definition) is 4. The zero-order chi connectivity index (χ0) is 31.2. The van der Waals surface area contributed by atoms with Crippen molar-refractivity contribution in [3.63, 3.8) is 0 Å². The van der Waals surface area contributed by atoms with E-state index in [2.05, 4.69) is 103 Å². The lowest BCUT2D eigenvalue weighted by Gasteiger charge is -2.15. The maximum absolute atomic E-state index is 6.23. The van der Waals surface area contributed by atoms with Gasteiger partial charge in [0.05, 0.1) is 0 Å². The lowest BCUT2D eigenvalue weighted by Crippen LogP contribution is -2.01. The van der Waals surface area contributed by atoms with Crippen LogP contribution in [0.3, 0.4) is 0 Å². The van der Waals surface area contributed by atoms with Crippen molar-refractivity contribution >= 4 is 32.7 Å². The molecule has 4 nitrogen and oxygen atoms in total. The van der Waals surface area contributed by atoms with Gasteiger partial charge in [-0.25, -0.2) is 15.0 Å². The molecule has 2 heterocycles. The van der Waals surface area contributed by atoms with Gasteiger partial charge in [-0.1, -0.05) is 152 Å². The highest BCUT2D eigenvalue weighted by Crippen LogP contribution is 2.40. The largest absolute Gasteiger partial charge is 0.456 e. The third-order valence-electron chi connectivity index (χ3n) is 8.78. The molecule has 9 rings (SSSR count). The monoisotopic (exact) mass is 601 g/mol. The summed E-state index contributed by atoms with van der Waals surface area (Å²) < 4.78 is 6.23. The highest BCUT2D eigenvalue weighted by atomic mass is 16.3. The van der Waals surface area contributed by atoms with E-state index in [4.69, 9.17) is 19.4 Å². The molecular weight excluding hydrogens is 574 g/mol. The molecule has 220 valence electrons. The van der Waals surface area contributed by atoms with E-state index in [9.17, 15) is 0 Å². The first-order chi connectivity index (χ1) is 23.3. The second kappa shape index (κ2) is 11.2. The molecule has 0 fully saturated rings. The topological polar surface area (TPSA) is 51.8 Å². The molecule has 0 amide bonds. The Morgan fingerprint density at radius 2 is 0.787 bits per heavy atom. The number of aromatic nitrogens is 3. The van der Waals surface area contributed by atoms with Gasteiger partial charge in [0.15, 0.2) is 17.5 Å². The first kappa shape index (κ1) is 27.0. The summed E-state index contributed by atoms with van der Waals surface area (Å²) >= 11 is 0. The van der Waals surface area contributed by atoms with Gasteiger partial charge in [-0.3, -0.25) is 0 Å². The van der Waals surface area contributed by atoms with Crippen LogP contribution in [0.25, 0.3) is 89.1 Å². The SMILES string of the molecule is c1ccc(-c2nc(-c3cccc4c(-c5ccccc5-c5ccccc5)cccc34)nc(-c3cccc4oc5ccccc5c34)n2)cc1. The van der Waals surface area contributed by atoms with Gasteiger partial charge in [0, 0.05) is 27.5 Å². The van der Waals surface area contributed by atoms with Gasteiger partial charge < -0.3 is 4.42 Å². The number of nitrogens with zero attached hydrogens (tertiary/aromatic N) is 3. The minimum Gasteiger partial charge on any atom is -0.456 e. The van der Waals surface area contributed by atoms with Crippen molar-refractivity contribution in [2.75, 3.05) is 0 Å². The normalized spacial score (nSPS) is 11.4. The van der Waals surface area contributed by atoms with Crippen LogP contribution < -0.4 is 0 Å². The maximum Gasteiger partial charge on any atom is 0.164 e. The van der Waals surface area contributed by atoms with Crippen LogP contribution in [-0.2, 0) is 0 Å². The third kappa shape index (κ3) is 4.66. The molecule has 0 aliphatic heterocycles. The van der Waals surface area contributed by atoms with Crippen molar-refractivity contribution in [1.29, 1.82) is 0 Å². The predicted molar refractivity (Wildman–Crippen MR) is 192 cm³/mol. The Hall–Kier alpha value is -6.39. The molecule has 0 atom stereocenters. The van der Waals surface area contributed by atoms with Crippen LogP contribution in [0, 0.1) is 0 Å². The fourth-order valence-electron chi connectivity index (χ4n) is 6.62. The third-order valence-corrected chi connectivity index (χ3v) is 8.78. The summed E-state index contributed by atoms with van der Waals surface area (Å²) in [5, 5.41) is 4.25. The van der Waals surface area contributed by atoms with Crippen molar-refractivity contribution in [2.45, 2.75) is 0 Å². The van der Waals surface area contributed by atoms with Gasteiger partial charge in [0.1, 0.15) is 11.2 Å². The smallest absolute Gasteiger partial charge is 0.164 e. The first-order valence-electron chi connectivity index (χ1n) is 15.7. The number of para-hydroxylation sites is 1. The molecule has 4 heteroatoms. The number of hydrogen-bond donors (Lipinski definition) is 0. The fourth-order valence-corrected chi connectivity index (χ4v) is 6.62. The van der Waals surface area contributed by atoms with Crippen molar-refractivity contribution in [3.05, 3.63) is 164 Å². The average molecular weight is 602 g/mol. The summed E-state index contributed by atoms with van der Waals surface area (Å²) in [4.78, 5) is 15.4. The highest BCUT2D eigenvalue weighted by Gasteiger charge is 2.19. The van der Waals surface area contributed by atoms with Crippen LogP contribution in [-0.4, -0.2) is 15.0 Å². The quantitative estimate of drug-likeness (QED) is 0.197. The molecule has 47 heavy (non-hydrogen) atoms. The zero-order valence-corrected chi connectivity index (χ0v) is 25.3. The molecule has 0 spiro atoms. The summed E-state index contributed by atoms with van der Waals surface area (Å²) in [6, 6.07) is 56.3. The summed E-state index contributed by atoms with van der Waals surface area (Å²) in [7, 11) is 0. The molecule has 7 aromatic carbocycles. The van der Waals surface area contributed by atoms with E-state index in [1.807, 2.05) is 60.7 Å². The maximum atomic E-state index is 6.23. The first-order valence-corrected chi connectivity index (χ1v) is 15.7. The van der Waals surface area contributed by atoms with Gasteiger partial charge in [-0.15, -0.1) is 0 Å². The van der Waals surface area contributed by atoms with E-state index in [0.717, 1.165) is 55.0 Å². The standard InChI is InChI=1S/C43H27N3O/c1-3-14-28(15-4-1)30-18-7-8-19-31(30)32-21-11-23-34-33(32)22-12-24-35(34)42-44-41(29-16-5-2-6-17-29)45-43(46-42)37-25-13-27-39-40(37)36-20-9-10-26-38(36)47-39/h1-27H. The molecule has 0 N–H and O–H groups in total. The van der Waals surface area contributed by atoms with Gasteiger partial charge >= 0.3 is 0 Å². The van der Waals surface area contributed by atoms with Gasteiger partial charge in [-0.2, -0.15) is 0 Å². The fraction of sp³-hybridized carbons (Fsp3) is 0. The van der Waals surface area contributed by atoms with E-state index >= 15 is 0 Å². The van der Waals surface area contributed by atoms with Gasteiger partial charge in [0.2, 0.25) is 0 Å². The Morgan fingerprint density at radius 3 is 1.57 bits per heavy atom. The molecule has 9 aromatic rings. The zero-order valence-electron chi connectivity index (χ0n) is 25.3. The van der Waals surface area contributed by atoms with Crippen molar-refractivity contribution < 1.29 is 4.42 Å². The van der Waals surface area contributed by atoms with Gasteiger partial charge in [-0.05, 0) is 45.2 Å². The van der Waals surface area contributed by atoms with Crippen LogP contribution in [0.2, 0.25) is 0 Å². The number of fused-ring (bicyclic) bond motifs is 4. The molecule has 0 aliphatic carbocycles. The van der Waals surface area contributed by atoms with Crippen molar-refractivity contribution in [1.82, 2.24) is 15.0 Å². The number of benzene rings is 7. The molecule has 0 saturated heterocycles. The predicted octanol–water partition coefficient (Wildman–Crippen LogP) is 11.3. The second-order valence-corrected chi connectivity index (χ2v) is 11.6. The molecular formula is C43H27N3O. The summed E-state index contributed by atoms with van der Waals surface area (Å²) in [6.45, 7) is 0. The minimum absolute atomic E-state index is 0.605. The van der Waals surface area contributed by atoms with Gasteiger partial charge in [0.25, 0.3) is 0 Å². The van der Waals surface area contributed by atoms with Crippen molar-refractivity contribution in [3.8, 4) is 56.4 Å². The van der Waals surface area contributed by atoms with E-state index < -0.39 is 0 Å². The lowest BCUT2D eigenvalue weighted by atomic mass is 9.90. The molecule has 0 radical (unpaired) electrons. The Bertz CT molecular complexity index is 2570. The molecule has 0 aliphatic rings. The minimum atomic E-state index is 0.605. The Morgan fingerprint density at radius 1 is 0.298 bits per heavy atom. The molecule has 0 bridgehead atoms. The van der Waals surface area contributed by atoms with Crippen LogP contribution >= 0.6 is 0 Å². The molecule has 0 saturated carbocycles. The Labute approximate surface area is 271 Å². The molecule has 2 aromatic heterocycles. The van der Waals surface area contributed by atoms with E-state index in [1.165, 1.54) is 16.7 Å². The van der Waals surface area contributed by atoms with E-state index in [1.54, 1.807) is 0 Å². The van der Waals surface area contributed by atoms with Crippen LogP contribution in [0.1, 0.15) is 0 Å². The second-order valence-electron chi connectivity index (χ2n) is 11.6. The number of rotatable bonds is 5. The average Bonchev–Trinajstić information content (AvgIpc) is 3.54. The van der Waals surface area contributed by atoms with Crippen LogP contribution in [0.5, 0.6) is 0 Å². The van der Waals surface area contributed by atoms with E-state index in [-0.39, 0.29) is 0 Å². The number of furan rings is 1. The van der Waals surface area contributed by atoms with Crippen LogP contribution in [0.4, 0.5) is 0 Å². The lowest BCUT2D eigenvalue weighted by molar-refractivity contribution is 0.669. The van der Waals surface area contributed by atoms with E-state index in [0.29, 0.717) is 17.5 Å². The van der Waals surface area contributed by atoms with Crippen molar-refractivity contribution in [2.24, 2.45) is 0 Å². The molecule has 0 unspecified atom stereocenters. The summed E-state index contributed by atoms with van der Waals surface area (Å²) in [5.41, 5.74) is 9.16. The Kier molecular flexibility index (Phi) is 6.43. The summed E-state index contributed by atoms with van der Waals surface area (Å²) in [6.07, 6.45) is 0. The van der Waals surface area contributed by atoms with Crippen LogP contribution in [0.15, 0.2) is 168 Å². The highest BCUT2D eigenvalue weighted by molar-refractivity contribution is 6.12.